The fourth-order valence-corrected chi connectivity index (χ4v) is 2.52. The maximum absolute atomic E-state index is 10.9. The second-order valence-electron chi connectivity index (χ2n) is 5.51. The zero-order chi connectivity index (χ0) is 13.8. The van der Waals surface area contributed by atoms with Crippen LogP contribution in [0.25, 0.3) is 0 Å². The van der Waals surface area contributed by atoms with Gasteiger partial charge in [0.2, 0.25) is 0 Å². The highest BCUT2D eigenvalue weighted by Gasteiger charge is 2.23. The van der Waals surface area contributed by atoms with E-state index in [1.807, 2.05) is 6.07 Å². The third-order valence-electron chi connectivity index (χ3n) is 3.75. The number of aromatic carboxylic acids is 1. The van der Waals surface area contributed by atoms with Crippen molar-refractivity contribution in [3.63, 3.8) is 0 Å². The minimum Gasteiger partial charge on any atom is -0.478 e. The number of rotatable bonds is 5. The average molecular weight is 262 g/mol. The first-order valence-corrected chi connectivity index (χ1v) is 6.87. The van der Waals surface area contributed by atoms with Crippen LogP contribution in [0.15, 0.2) is 24.3 Å². The Labute approximate surface area is 114 Å². The van der Waals surface area contributed by atoms with Crippen LogP contribution in [0.5, 0.6) is 0 Å². The monoisotopic (exact) mass is 262 g/mol. The first kappa shape index (κ1) is 13.9. The molecule has 1 aromatic carbocycles. The number of carboxylic acids is 1. The van der Waals surface area contributed by atoms with Crippen molar-refractivity contribution in [3.05, 3.63) is 29.8 Å². The smallest absolute Gasteiger partial charge is 0.335 e. The van der Waals surface area contributed by atoms with Gasteiger partial charge in [0.25, 0.3) is 0 Å². The van der Waals surface area contributed by atoms with Crippen molar-refractivity contribution < 1.29 is 9.90 Å². The number of carbonyl (C=O) groups is 1. The molecule has 1 aliphatic rings. The Hall–Kier alpha value is -1.55. The molecule has 1 aromatic rings. The largest absolute Gasteiger partial charge is 0.478 e. The van der Waals surface area contributed by atoms with E-state index in [1.165, 1.54) is 13.0 Å². The van der Waals surface area contributed by atoms with Crippen molar-refractivity contribution >= 4 is 11.7 Å². The summed E-state index contributed by atoms with van der Waals surface area (Å²) in [6.07, 6.45) is 1.21. The number of nitrogens with one attached hydrogen (secondary N) is 1. The average Bonchev–Trinajstić information content (AvgIpc) is 2.85. The van der Waals surface area contributed by atoms with Crippen LogP contribution >= 0.6 is 0 Å². The molecule has 0 saturated carbocycles. The molecule has 4 nitrogen and oxygen atoms in total. The van der Waals surface area contributed by atoms with E-state index >= 15 is 0 Å². The highest BCUT2D eigenvalue weighted by Crippen LogP contribution is 2.19. The Kier molecular flexibility index (Phi) is 4.43. The highest BCUT2D eigenvalue weighted by atomic mass is 16.4. The van der Waals surface area contributed by atoms with Crippen molar-refractivity contribution in [1.29, 1.82) is 0 Å². The van der Waals surface area contributed by atoms with Gasteiger partial charge in [-0.3, -0.25) is 0 Å². The fourth-order valence-electron chi connectivity index (χ4n) is 2.52. The number of likely N-dealkylation sites (tertiary alicyclic amines) is 1. The van der Waals surface area contributed by atoms with Gasteiger partial charge in [0, 0.05) is 24.8 Å². The van der Waals surface area contributed by atoms with Crippen molar-refractivity contribution in [2.24, 2.45) is 5.92 Å². The lowest BCUT2D eigenvalue weighted by atomic mass is 10.1. The van der Waals surface area contributed by atoms with Gasteiger partial charge >= 0.3 is 5.97 Å². The molecule has 0 spiro atoms. The van der Waals surface area contributed by atoms with E-state index in [2.05, 4.69) is 24.1 Å². The predicted molar refractivity (Wildman–Crippen MR) is 76.7 cm³/mol. The molecule has 2 rings (SSSR count). The van der Waals surface area contributed by atoms with E-state index in [0.717, 1.165) is 18.8 Å². The Bertz CT molecular complexity index is 446. The van der Waals surface area contributed by atoms with Crippen LogP contribution in [0.3, 0.4) is 0 Å². The topological polar surface area (TPSA) is 52.6 Å². The van der Waals surface area contributed by atoms with E-state index in [9.17, 15) is 4.79 Å². The normalized spacial score (nSPS) is 19.8. The standard InChI is InChI=1S/C15H22N2O2/c1-11(2)17-7-6-12(10-17)9-16-14-5-3-4-13(8-14)15(18)19/h3-5,8,11-12,16H,6-7,9-10H2,1-2H3,(H,18,19). The molecule has 1 aliphatic heterocycles. The Balaban J connectivity index is 1.86. The lowest BCUT2D eigenvalue weighted by Crippen LogP contribution is -2.29. The number of carboxylic acid groups (broad SMARTS) is 1. The highest BCUT2D eigenvalue weighted by molar-refractivity contribution is 5.88. The zero-order valence-corrected chi connectivity index (χ0v) is 11.6. The molecule has 2 N–H and O–H groups in total. The summed E-state index contributed by atoms with van der Waals surface area (Å²) < 4.78 is 0. The maximum Gasteiger partial charge on any atom is 0.335 e. The lowest BCUT2D eigenvalue weighted by Gasteiger charge is -2.20. The van der Waals surface area contributed by atoms with Crippen LogP contribution in [0.1, 0.15) is 30.6 Å². The number of hydrogen-bond donors (Lipinski definition) is 2. The molecule has 0 aliphatic carbocycles. The van der Waals surface area contributed by atoms with Crippen LogP contribution in [-0.2, 0) is 0 Å². The lowest BCUT2D eigenvalue weighted by molar-refractivity contribution is 0.0697. The Morgan fingerprint density at radius 2 is 2.32 bits per heavy atom. The van der Waals surface area contributed by atoms with Crippen LogP contribution in [-0.4, -0.2) is 41.7 Å². The van der Waals surface area contributed by atoms with E-state index in [4.69, 9.17) is 5.11 Å². The fraction of sp³-hybridized carbons (Fsp3) is 0.533. The molecule has 1 saturated heterocycles. The number of anilines is 1. The van der Waals surface area contributed by atoms with Crippen molar-refractivity contribution in [3.8, 4) is 0 Å². The summed E-state index contributed by atoms with van der Waals surface area (Å²) in [6, 6.07) is 7.61. The van der Waals surface area contributed by atoms with Crippen LogP contribution < -0.4 is 5.32 Å². The molecule has 1 unspecified atom stereocenters. The van der Waals surface area contributed by atoms with Gasteiger partial charge in [-0.15, -0.1) is 0 Å². The molecule has 0 amide bonds. The summed E-state index contributed by atoms with van der Waals surface area (Å²) >= 11 is 0. The molecule has 1 atom stereocenters. The zero-order valence-electron chi connectivity index (χ0n) is 11.6. The molecule has 0 radical (unpaired) electrons. The molecule has 4 heteroatoms. The predicted octanol–water partition coefficient (Wildman–Crippen LogP) is 2.53. The van der Waals surface area contributed by atoms with Gasteiger partial charge in [-0.05, 0) is 50.9 Å². The first-order chi connectivity index (χ1) is 9.06. The van der Waals surface area contributed by atoms with Crippen molar-refractivity contribution in [2.45, 2.75) is 26.3 Å². The van der Waals surface area contributed by atoms with Gasteiger partial charge in [0.15, 0.2) is 0 Å². The van der Waals surface area contributed by atoms with E-state index in [0.29, 0.717) is 17.5 Å². The summed E-state index contributed by atoms with van der Waals surface area (Å²) in [5.41, 5.74) is 1.23. The minimum absolute atomic E-state index is 0.334. The maximum atomic E-state index is 10.9. The molecular weight excluding hydrogens is 240 g/mol. The quantitative estimate of drug-likeness (QED) is 0.856. The van der Waals surface area contributed by atoms with Gasteiger partial charge in [0.1, 0.15) is 0 Å². The van der Waals surface area contributed by atoms with Gasteiger partial charge in [0.05, 0.1) is 5.56 Å². The first-order valence-electron chi connectivity index (χ1n) is 6.87. The Morgan fingerprint density at radius 3 is 2.95 bits per heavy atom. The van der Waals surface area contributed by atoms with Crippen LogP contribution in [0.2, 0.25) is 0 Å². The van der Waals surface area contributed by atoms with Gasteiger partial charge in [-0.25, -0.2) is 4.79 Å². The molecule has 0 bridgehead atoms. The second-order valence-corrected chi connectivity index (χ2v) is 5.51. The molecule has 1 heterocycles. The van der Waals surface area contributed by atoms with E-state index in [-0.39, 0.29) is 0 Å². The van der Waals surface area contributed by atoms with Gasteiger partial charge in [-0.1, -0.05) is 6.07 Å². The van der Waals surface area contributed by atoms with Crippen LogP contribution in [0.4, 0.5) is 5.69 Å². The number of hydrogen-bond acceptors (Lipinski definition) is 3. The van der Waals surface area contributed by atoms with E-state index in [1.54, 1.807) is 18.2 Å². The van der Waals surface area contributed by atoms with Gasteiger partial charge < -0.3 is 15.3 Å². The summed E-state index contributed by atoms with van der Waals surface area (Å²) in [5.74, 6) is -0.230. The van der Waals surface area contributed by atoms with Crippen LogP contribution in [0, 0.1) is 5.92 Å². The molecule has 1 fully saturated rings. The summed E-state index contributed by atoms with van der Waals surface area (Å²) in [5, 5.41) is 12.3. The second kappa shape index (κ2) is 6.06. The third kappa shape index (κ3) is 3.70. The third-order valence-corrected chi connectivity index (χ3v) is 3.75. The number of nitrogens with zero attached hydrogens (tertiary/aromatic N) is 1. The van der Waals surface area contributed by atoms with Crippen molar-refractivity contribution in [2.75, 3.05) is 25.0 Å². The molecule has 0 aromatic heterocycles. The molecular formula is C15H22N2O2. The Morgan fingerprint density at radius 1 is 1.53 bits per heavy atom. The van der Waals surface area contributed by atoms with Gasteiger partial charge in [-0.2, -0.15) is 0 Å². The summed E-state index contributed by atoms with van der Waals surface area (Å²) in [6.45, 7) is 7.66. The molecule has 19 heavy (non-hydrogen) atoms. The van der Waals surface area contributed by atoms with Crippen molar-refractivity contribution in [1.82, 2.24) is 4.90 Å². The summed E-state index contributed by atoms with van der Waals surface area (Å²) in [7, 11) is 0. The SMILES string of the molecule is CC(C)N1CCC(CNc2cccc(C(=O)O)c2)C1. The molecule has 104 valence electrons. The number of benzene rings is 1. The van der Waals surface area contributed by atoms with E-state index < -0.39 is 5.97 Å². The summed E-state index contributed by atoms with van der Waals surface area (Å²) in [4.78, 5) is 13.4. The minimum atomic E-state index is -0.879.